The summed E-state index contributed by atoms with van der Waals surface area (Å²) in [6.45, 7) is 4.28. The lowest BCUT2D eigenvalue weighted by molar-refractivity contribution is 0.397. The van der Waals surface area contributed by atoms with Gasteiger partial charge in [-0.1, -0.05) is 26.0 Å². The number of hydrogen-bond acceptors (Lipinski definition) is 3. The Labute approximate surface area is 111 Å². The summed E-state index contributed by atoms with van der Waals surface area (Å²) in [6, 6.07) is 6.65. The summed E-state index contributed by atoms with van der Waals surface area (Å²) >= 11 is 0. The average molecular weight is 267 g/mol. The maximum Gasteiger partial charge on any atom is 0.135 e. The van der Waals surface area contributed by atoms with Gasteiger partial charge in [-0.15, -0.1) is 0 Å². The lowest BCUT2D eigenvalue weighted by atomic mass is 10.0. The van der Waals surface area contributed by atoms with Crippen molar-refractivity contribution in [1.29, 1.82) is 0 Å². The minimum Gasteiger partial charge on any atom is -0.495 e. The zero-order chi connectivity index (χ0) is 13.1. The number of rotatable bonds is 3. The lowest BCUT2D eigenvalue weighted by Gasteiger charge is -2.22. The van der Waals surface area contributed by atoms with Crippen LogP contribution in [0.3, 0.4) is 0 Å². The third kappa shape index (κ3) is 2.75. The molecule has 0 aromatic heterocycles. The summed E-state index contributed by atoms with van der Waals surface area (Å²) < 4.78 is 17.7. The lowest BCUT2D eigenvalue weighted by Crippen LogP contribution is -2.28. The quantitative estimate of drug-likeness (QED) is 0.915. The molecule has 0 amide bonds. The van der Waals surface area contributed by atoms with Crippen LogP contribution in [0.15, 0.2) is 23.1 Å². The molecule has 100 valence electrons. The molecule has 4 heteroatoms. The van der Waals surface area contributed by atoms with Crippen LogP contribution in [-0.4, -0.2) is 23.1 Å². The fourth-order valence-corrected chi connectivity index (χ4v) is 3.95. The largest absolute Gasteiger partial charge is 0.495 e. The van der Waals surface area contributed by atoms with Crippen LogP contribution in [0, 0.1) is 0 Å². The van der Waals surface area contributed by atoms with E-state index in [9.17, 15) is 4.21 Å². The van der Waals surface area contributed by atoms with Crippen LogP contribution in [0.2, 0.25) is 0 Å². The second-order valence-electron chi connectivity index (χ2n) is 4.94. The van der Waals surface area contributed by atoms with Gasteiger partial charge in [0.05, 0.1) is 22.8 Å². The van der Waals surface area contributed by atoms with Gasteiger partial charge in [-0.2, -0.15) is 0 Å². The fourth-order valence-electron chi connectivity index (χ4n) is 2.46. The van der Waals surface area contributed by atoms with E-state index in [4.69, 9.17) is 4.74 Å². The third-order valence-electron chi connectivity index (χ3n) is 3.19. The number of benzene rings is 1. The Kier molecular flexibility index (Phi) is 4.40. The predicted molar refractivity (Wildman–Crippen MR) is 74.5 cm³/mol. The van der Waals surface area contributed by atoms with Crippen LogP contribution in [0.5, 0.6) is 5.75 Å². The number of ether oxygens (including phenoxy) is 1. The molecule has 2 rings (SSSR count). The van der Waals surface area contributed by atoms with E-state index in [0.717, 1.165) is 34.8 Å². The molecule has 1 aliphatic rings. The fraction of sp³-hybridized carbons (Fsp3) is 0.571. The second kappa shape index (κ2) is 5.85. The first-order valence-electron chi connectivity index (χ1n) is 6.44. The molecule has 0 saturated carbocycles. The molecule has 1 aromatic rings. The zero-order valence-corrected chi connectivity index (χ0v) is 12.0. The Morgan fingerprint density at radius 1 is 1.44 bits per heavy atom. The van der Waals surface area contributed by atoms with Gasteiger partial charge >= 0.3 is 0 Å². The van der Waals surface area contributed by atoms with Crippen LogP contribution >= 0.6 is 0 Å². The normalized spacial score (nSPS) is 23.6. The Hall–Kier alpha value is -0.870. The molecule has 3 nitrogen and oxygen atoms in total. The van der Waals surface area contributed by atoms with Crippen molar-refractivity contribution >= 4 is 10.8 Å². The van der Waals surface area contributed by atoms with E-state index < -0.39 is 10.8 Å². The van der Waals surface area contributed by atoms with Gasteiger partial charge in [0, 0.05) is 17.8 Å². The SMILES string of the molecule is COc1cccc2c1S(=O)CCCC2NC(C)C. The molecule has 2 unspecified atom stereocenters. The van der Waals surface area contributed by atoms with Crippen LogP contribution in [0.1, 0.15) is 38.3 Å². The van der Waals surface area contributed by atoms with E-state index >= 15 is 0 Å². The van der Waals surface area contributed by atoms with Crippen LogP contribution in [-0.2, 0) is 10.8 Å². The topological polar surface area (TPSA) is 38.3 Å². The highest BCUT2D eigenvalue weighted by Crippen LogP contribution is 2.35. The van der Waals surface area contributed by atoms with Gasteiger partial charge in [0.1, 0.15) is 5.75 Å². The number of nitrogens with one attached hydrogen (secondary N) is 1. The van der Waals surface area contributed by atoms with Crippen molar-refractivity contribution in [3.05, 3.63) is 23.8 Å². The molecule has 2 atom stereocenters. The Morgan fingerprint density at radius 3 is 2.89 bits per heavy atom. The monoisotopic (exact) mass is 267 g/mol. The van der Waals surface area contributed by atoms with Crippen molar-refractivity contribution in [3.63, 3.8) is 0 Å². The van der Waals surface area contributed by atoms with Crippen molar-refractivity contribution in [2.45, 2.75) is 43.7 Å². The van der Waals surface area contributed by atoms with Gasteiger partial charge < -0.3 is 10.1 Å². The van der Waals surface area contributed by atoms with Crippen molar-refractivity contribution in [2.75, 3.05) is 12.9 Å². The van der Waals surface area contributed by atoms with Gasteiger partial charge in [-0.05, 0) is 24.5 Å². The molecular formula is C14H21NO2S. The molecule has 0 saturated heterocycles. The summed E-state index contributed by atoms with van der Waals surface area (Å²) in [7, 11) is 0.697. The molecule has 1 heterocycles. The highest BCUT2D eigenvalue weighted by molar-refractivity contribution is 7.85. The Balaban J connectivity index is 2.46. The highest BCUT2D eigenvalue weighted by atomic mass is 32.2. The minimum absolute atomic E-state index is 0.279. The molecule has 1 aliphatic heterocycles. The van der Waals surface area contributed by atoms with E-state index in [-0.39, 0.29) is 6.04 Å². The molecular weight excluding hydrogens is 246 g/mol. The predicted octanol–water partition coefficient (Wildman–Crippen LogP) is 2.64. The zero-order valence-electron chi connectivity index (χ0n) is 11.2. The van der Waals surface area contributed by atoms with E-state index in [2.05, 4.69) is 25.2 Å². The minimum atomic E-state index is -0.944. The smallest absolute Gasteiger partial charge is 0.135 e. The van der Waals surface area contributed by atoms with E-state index in [1.807, 2.05) is 12.1 Å². The maximum absolute atomic E-state index is 12.3. The molecule has 0 bridgehead atoms. The molecule has 1 N–H and O–H groups in total. The van der Waals surface area contributed by atoms with Crippen LogP contribution < -0.4 is 10.1 Å². The molecule has 0 fully saturated rings. The van der Waals surface area contributed by atoms with Crippen molar-refractivity contribution in [1.82, 2.24) is 5.32 Å². The molecule has 1 aromatic carbocycles. The van der Waals surface area contributed by atoms with Gasteiger partial charge in [0.2, 0.25) is 0 Å². The average Bonchev–Trinajstić information content (AvgIpc) is 2.49. The van der Waals surface area contributed by atoms with Gasteiger partial charge in [-0.3, -0.25) is 4.21 Å². The molecule has 0 aliphatic carbocycles. The van der Waals surface area contributed by atoms with E-state index in [1.54, 1.807) is 7.11 Å². The Bertz CT molecular complexity index is 445. The second-order valence-corrected chi connectivity index (χ2v) is 6.45. The summed E-state index contributed by atoms with van der Waals surface area (Å²) in [4.78, 5) is 0.885. The van der Waals surface area contributed by atoms with E-state index in [0.29, 0.717) is 6.04 Å². The molecule has 18 heavy (non-hydrogen) atoms. The molecule has 0 spiro atoms. The number of hydrogen-bond donors (Lipinski definition) is 1. The summed E-state index contributed by atoms with van der Waals surface area (Å²) in [5, 5.41) is 3.56. The highest BCUT2D eigenvalue weighted by Gasteiger charge is 2.25. The first-order valence-corrected chi connectivity index (χ1v) is 7.76. The van der Waals surface area contributed by atoms with Crippen LogP contribution in [0.25, 0.3) is 0 Å². The third-order valence-corrected chi connectivity index (χ3v) is 4.74. The van der Waals surface area contributed by atoms with Crippen LogP contribution in [0.4, 0.5) is 0 Å². The standard InChI is InChI=1S/C14H21NO2S/c1-10(2)15-12-7-5-9-18(16)14-11(12)6-4-8-13(14)17-3/h4,6,8,10,12,15H,5,7,9H2,1-3H3. The van der Waals surface area contributed by atoms with Gasteiger partial charge in [0.25, 0.3) is 0 Å². The number of methoxy groups -OCH3 is 1. The maximum atomic E-state index is 12.3. The first-order chi connectivity index (χ1) is 8.63. The Morgan fingerprint density at radius 2 is 2.22 bits per heavy atom. The van der Waals surface area contributed by atoms with Gasteiger partial charge in [-0.25, -0.2) is 0 Å². The van der Waals surface area contributed by atoms with Crippen molar-refractivity contribution < 1.29 is 8.95 Å². The summed E-state index contributed by atoms with van der Waals surface area (Å²) in [5.41, 5.74) is 1.14. The van der Waals surface area contributed by atoms with Gasteiger partial charge in [0.15, 0.2) is 0 Å². The first kappa shape index (κ1) is 13.6. The summed E-state index contributed by atoms with van der Waals surface area (Å²) in [5.74, 6) is 1.48. The van der Waals surface area contributed by atoms with Crippen molar-refractivity contribution in [2.24, 2.45) is 0 Å². The van der Waals surface area contributed by atoms with E-state index in [1.165, 1.54) is 0 Å². The number of fused-ring (bicyclic) bond motifs is 1. The molecule has 0 radical (unpaired) electrons. The summed E-state index contributed by atoms with van der Waals surface area (Å²) in [6.07, 6.45) is 2.01. The van der Waals surface area contributed by atoms with Crippen molar-refractivity contribution in [3.8, 4) is 5.75 Å².